The summed E-state index contributed by atoms with van der Waals surface area (Å²) in [5.41, 5.74) is 4.00. The number of carbonyl (C=O) groups is 3. The SMILES string of the molecule is CC1C(CSc2ncn[nH]2)OC(c2ccc(CNC(=O)c3ccc4c(c3)C(=O)OC4=O)cc2)OC1c1ccc(CO)cc1. The van der Waals surface area contributed by atoms with Crippen LogP contribution in [0.3, 0.4) is 0 Å². The molecule has 1 amide bonds. The number of aliphatic hydroxyl groups is 1. The standard InChI is InChI=1S/C31H28N4O7S/c1-17-25(15-43-31-33-16-34-35-31)40-30(41-26(17)20-6-4-19(14-36)5-7-20)21-8-2-18(3-9-21)13-32-27(37)22-10-11-23-24(12-22)29(39)42-28(23)38/h2-12,16-17,25-26,30,36H,13-15H2,1H3,(H,32,37)(H,33,34,35). The molecule has 2 aliphatic rings. The van der Waals surface area contributed by atoms with E-state index in [-0.39, 0.29) is 53.9 Å². The Kier molecular flexibility index (Phi) is 8.34. The first-order valence-corrected chi connectivity index (χ1v) is 14.6. The number of hydrogen-bond acceptors (Lipinski definition) is 10. The fraction of sp³-hybridized carbons (Fsp3) is 0.258. The van der Waals surface area contributed by atoms with Crippen LogP contribution in [-0.4, -0.2) is 50.0 Å². The number of H-pyrrole nitrogens is 1. The second-order valence-electron chi connectivity index (χ2n) is 10.3. The molecule has 11 nitrogen and oxygen atoms in total. The van der Waals surface area contributed by atoms with Gasteiger partial charge in [0.1, 0.15) is 6.33 Å². The number of esters is 2. The van der Waals surface area contributed by atoms with E-state index in [1.54, 1.807) is 0 Å². The Labute approximate surface area is 251 Å². The van der Waals surface area contributed by atoms with E-state index < -0.39 is 18.2 Å². The Bertz CT molecular complexity index is 1630. The lowest BCUT2D eigenvalue weighted by molar-refractivity contribution is -0.268. The number of aromatic amines is 1. The van der Waals surface area contributed by atoms with Crippen molar-refractivity contribution in [1.82, 2.24) is 20.5 Å². The lowest BCUT2D eigenvalue weighted by Crippen LogP contribution is -2.38. The van der Waals surface area contributed by atoms with Gasteiger partial charge in [-0.2, -0.15) is 5.10 Å². The quantitative estimate of drug-likeness (QED) is 0.145. The van der Waals surface area contributed by atoms with Crippen LogP contribution >= 0.6 is 11.8 Å². The number of cyclic esters (lactones) is 2. The first-order chi connectivity index (χ1) is 20.9. The number of nitrogens with zero attached hydrogens (tertiary/aromatic N) is 2. The summed E-state index contributed by atoms with van der Waals surface area (Å²) in [5.74, 6) is -1.18. The number of ether oxygens (including phenoxy) is 3. The molecular weight excluding hydrogens is 572 g/mol. The molecule has 0 bridgehead atoms. The van der Waals surface area contributed by atoms with Crippen molar-refractivity contribution >= 4 is 29.6 Å². The molecule has 4 aromatic rings. The summed E-state index contributed by atoms with van der Waals surface area (Å²) in [6.45, 7) is 2.32. The largest absolute Gasteiger partial charge is 0.392 e. The maximum absolute atomic E-state index is 12.7. The summed E-state index contributed by atoms with van der Waals surface area (Å²) < 4.78 is 17.5. The monoisotopic (exact) mass is 600 g/mol. The predicted octanol–water partition coefficient (Wildman–Crippen LogP) is 4.12. The van der Waals surface area contributed by atoms with Crippen molar-refractivity contribution in [3.8, 4) is 0 Å². The zero-order valence-electron chi connectivity index (χ0n) is 23.1. The normalized spacial score (nSPS) is 21.3. The van der Waals surface area contributed by atoms with Crippen LogP contribution in [0.2, 0.25) is 0 Å². The smallest absolute Gasteiger partial charge is 0.346 e. The highest BCUT2D eigenvalue weighted by molar-refractivity contribution is 7.99. The van der Waals surface area contributed by atoms with Crippen LogP contribution in [0.25, 0.3) is 0 Å². The average Bonchev–Trinajstić information content (AvgIpc) is 3.66. The number of amides is 1. The average molecular weight is 601 g/mol. The van der Waals surface area contributed by atoms with Crippen molar-refractivity contribution in [2.75, 3.05) is 5.75 Å². The van der Waals surface area contributed by atoms with Crippen LogP contribution in [0.4, 0.5) is 0 Å². The van der Waals surface area contributed by atoms with Gasteiger partial charge in [0.25, 0.3) is 5.91 Å². The summed E-state index contributed by atoms with van der Waals surface area (Å²) in [6.07, 6.45) is 0.441. The molecule has 0 radical (unpaired) electrons. The van der Waals surface area contributed by atoms with Gasteiger partial charge < -0.3 is 24.6 Å². The summed E-state index contributed by atoms with van der Waals surface area (Å²) in [6, 6.07) is 19.6. The molecule has 1 saturated heterocycles. The number of benzene rings is 3. The van der Waals surface area contributed by atoms with Crippen LogP contribution in [0.15, 0.2) is 78.2 Å². The van der Waals surface area contributed by atoms with Gasteiger partial charge in [-0.3, -0.25) is 9.89 Å². The molecule has 1 fully saturated rings. The van der Waals surface area contributed by atoms with Crippen LogP contribution in [0.1, 0.15) is 72.6 Å². The molecule has 4 atom stereocenters. The van der Waals surface area contributed by atoms with E-state index in [0.717, 1.165) is 22.3 Å². The molecule has 12 heteroatoms. The minimum absolute atomic E-state index is 0.0281. The molecule has 3 N–H and O–H groups in total. The van der Waals surface area contributed by atoms with Gasteiger partial charge in [0.2, 0.25) is 0 Å². The molecule has 0 saturated carbocycles. The number of thioether (sulfide) groups is 1. The lowest BCUT2D eigenvalue weighted by atomic mass is 9.91. The molecular formula is C31H28N4O7S. The minimum Gasteiger partial charge on any atom is -0.392 e. The van der Waals surface area contributed by atoms with E-state index in [2.05, 4.69) is 32.2 Å². The van der Waals surface area contributed by atoms with Gasteiger partial charge in [0, 0.05) is 29.3 Å². The van der Waals surface area contributed by atoms with E-state index in [0.29, 0.717) is 10.9 Å². The summed E-state index contributed by atoms with van der Waals surface area (Å²) in [4.78, 5) is 40.4. The van der Waals surface area contributed by atoms with Crippen LogP contribution in [0.5, 0.6) is 0 Å². The predicted molar refractivity (Wildman–Crippen MR) is 154 cm³/mol. The number of carbonyl (C=O) groups excluding carboxylic acids is 3. The first kappa shape index (κ1) is 28.7. The number of aliphatic hydroxyl groups excluding tert-OH is 1. The highest BCUT2D eigenvalue weighted by atomic mass is 32.2. The van der Waals surface area contributed by atoms with Crippen molar-refractivity contribution in [1.29, 1.82) is 0 Å². The Morgan fingerprint density at radius 2 is 1.67 bits per heavy atom. The van der Waals surface area contributed by atoms with Gasteiger partial charge >= 0.3 is 11.9 Å². The molecule has 6 rings (SSSR count). The van der Waals surface area contributed by atoms with E-state index in [4.69, 9.17) is 9.47 Å². The van der Waals surface area contributed by atoms with Gasteiger partial charge in [0.05, 0.1) is 29.9 Å². The summed E-state index contributed by atoms with van der Waals surface area (Å²) >= 11 is 1.53. The highest BCUT2D eigenvalue weighted by Crippen LogP contribution is 2.42. The fourth-order valence-corrected chi connectivity index (χ4v) is 5.98. The second kappa shape index (κ2) is 12.5. The van der Waals surface area contributed by atoms with Crippen molar-refractivity contribution in [3.05, 3.63) is 112 Å². The van der Waals surface area contributed by atoms with Gasteiger partial charge in [0.15, 0.2) is 11.4 Å². The Morgan fingerprint density at radius 1 is 0.953 bits per heavy atom. The second-order valence-corrected chi connectivity index (χ2v) is 11.3. The Hall–Kier alpha value is -4.36. The zero-order chi connectivity index (χ0) is 29.9. The molecule has 3 aromatic carbocycles. The third-order valence-corrected chi connectivity index (χ3v) is 8.48. The zero-order valence-corrected chi connectivity index (χ0v) is 23.9. The van der Waals surface area contributed by atoms with Crippen molar-refractivity contribution in [2.24, 2.45) is 5.92 Å². The molecule has 220 valence electrons. The maximum atomic E-state index is 12.7. The number of nitrogens with one attached hydrogen (secondary N) is 2. The molecule has 4 unspecified atom stereocenters. The molecule has 43 heavy (non-hydrogen) atoms. The van der Waals surface area contributed by atoms with E-state index in [9.17, 15) is 19.5 Å². The number of rotatable bonds is 9. The van der Waals surface area contributed by atoms with E-state index >= 15 is 0 Å². The molecule has 1 aromatic heterocycles. The molecule has 0 aliphatic carbocycles. The van der Waals surface area contributed by atoms with Gasteiger partial charge in [-0.25, -0.2) is 14.6 Å². The van der Waals surface area contributed by atoms with E-state index in [1.807, 2.05) is 48.5 Å². The Balaban J connectivity index is 1.14. The molecule has 0 spiro atoms. The van der Waals surface area contributed by atoms with E-state index in [1.165, 1.54) is 36.3 Å². The fourth-order valence-electron chi connectivity index (χ4n) is 5.04. The Morgan fingerprint density at radius 3 is 2.40 bits per heavy atom. The minimum atomic E-state index is -0.755. The summed E-state index contributed by atoms with van der Waals surface area (Å²) in [7, 11) is 0. The van der Waals surface area contributed by atoms with Crippen molar-refractivity contribution in [2.45, 2.75) is 43.7 Å². The first-order valence-electron chi connectivity index (χ1n) is 13.7. The van der Waals surface area contributed by atoms with Gasteiger partial charge in [-0.05, 0) is 34.9 Å². The maximum Gasteiger partial charge on any atom is 0.346 e. The third-order valence-electron chi connectivity index (χ3n) is 7.51. The van der Waals surface area contributed by atoms with Crippen LogP contribution in [0, 0.1) is 5.92 Å². The van der Waals surface area contributed by atoms with Gasteiger partial charge in [-0.1, -0.05) is 67.2 Å². The summed E-state index contributed by atoms with van der Waals surface area (Å²) in [5, 5.41) is 19.8. The van der Waals surface area contributed by atoms with Crippen molar-refractivity contribution < 1.29 is 33.7 Å². The van der Waals surface area contributed by atoms with Crippen molar-refractivity contribution in [3.63, 3.8) is 0 Å². The van der Waals surface area contributed by atoms with Gasteiger partial charge in [-0.15, -0.1) is 0 Å². The van der Waals surface area contributed by atoms with Crippen LogP contribution < -0.4 is 5.32 Å². The number of aromatic nitrogens is 3. The number of fused-ring (bicyclic) bond motifs is 1. The lowest BCUT2D eigenvalue weighted by Gasteiger charge is -2.41. The van der Waals surface area contributed by atoms with Crippen LogP contribution in [-0.2, 0) is 27.4 Å². The highest BCUT2D eigenvalue weighted by Gasteiger charge is 2.38. The topological polar surface area (TPSA) is 153 Å². The third kappa shape index (κ3) is 6.22. The molecule has 3 heterocycles. The number of hydrogen-bond donors (Lipinski definition) is 3. The molecule has 2 aliphatic heterocycles.